The first-order valence-corrected chi connectivity index (χ1v) is 7.88. The maximum atomic E-state index is 5.81. The summed E-state index contributed by atoms with van der Waals surface area (Å²) in [7, 11) is 0. The molecule has 4 heteroatoms. The van der Waals surface area contributed by atoms with Gasteiger partial charge in [0.15, 0.2) is 0 Å². The molecule has 0 heterocycles. The zero-order valence-corrected chi connectivity index (χ0v) is 14.6. The van der Waals surface area contributed by atoms with Crippen LogP contribution in [0, 0.1) is 17.4 Å². The van der Waals surface area contributed by atoms with Crippen LogP contribution in [0.5, 0.6) is 0 Å². The average molecular weight is 431 g/mol. The molecular formula is C15H16BrIN2. The van der Waals surface area contributed by atoms with Crippen LogP contribution in [0.25, 0.3) is 0 Å². The molecule has 0 aliphatic rings. The van der Waals surface area contributed by atoms with Gasteiger partial charge in [0, 0.05) is 8.04 Å². The fourth-order valence-corrected chi connectivity index (χ4v) is 3.18. The normalized spacial score (nSPS) is 12.5. The molecule has 0 aliphatic carbocycles. The predicted octanol–water partition coefficient (Wildman–Crippen LogP) is 4.22. The van der Waals surface area contributed by atoms with Crippen molar-refractivity contribution < 1.29 is 0 Å². The van der Waals surface area contributed by atoms with E-state index in [2.05, 4.69) is 88.1 Å². The summed E-state index contributed by atoms with van der Waals surface area (Å²) >= 11 is 5.87. The Morgan fingerprint density at radius 2 is 1.84 bits per heavy atom. The molecular weight excluding hydrogens is 415 g/mol. The fourth-order valence-electron chi connectivity index (χ4n) is 2.15. The highest BCUT2D eigenvalue weighted by Crippen LogP contribution is 2.30. The van der Waals surface area contributed by atoms with Crippen LogP contribution in [-0.4, -0.2) is 0 Å². The van der Waals surface area contributed by atoms with Crippen LogP contribution in [-0.2, 0) is 0 Å². The number of nitrogens with two attached hydrogens (primary N) is 1. The minimum Gasteiger partial charge on any atom is -0.271 e. The average Bonchev–Trinajstić information content (AvgIpc) is 2.38. The van der Waals surface area contributed by atoms with E-state index in [0.29, 0.717) is 0 Å². The number of hydrogen-bond acceptors (Lipinski definition) is 2. The van der Waals surface area contributed by atoms with E-state index >= 15 is 0 Å². The van der Waals surface area contributed by atoms with Crippen LogP contribution in [0.2, 0.25) is 0 Å². The first-order chi connectivity index (χ1) is 9.02. The van der Waals surface area contributed by atoms with Crippen molar-refractivity contribution >= 4 is 38.5 Å². The Labute approximate surface area is 136 Å². The van der Waals surface area contributed by atoms with Crippen LogP contribution in [0.3, 0.4) is 0 Å². The SMILES string of the molecule is Cc1ccc(C)c(C(NN)c2cc(Br)ccc2I)c1. The number of benzene rings is 2. The first kappa shape index (κ1) is 15.0. The van der Waals surface area contributed by atoms with E-state index in [1.807, 2.05) is 6.07 Å². The van der Waals surface area contributed by atoms with Gasteiger partial charge in [0.1, 0.15) is 0 Å². The molecule has 0 fully saturated rings. The van der Waals surface area contributed by atoms with E-state index in [1.54, 1.807) is 0 Å². The standard InChI is InChI=1S/C15H16BrIN2/c1-9-3-4-10(2)12(7-9)15(19-18)13-8-11(16)5-6-14(13)17/h3-8,15,19H,18H2,1-2H3. The number of hydrazine groups is 1. The quantitative estimate of drug-likeness (QED) is 0.434. The third-order valence-corrected chi connectivity index (χ3v) is 4.66. The minimum absolute atomic E-state index is 0.00398. The maximum Gasteiger partial charge on any atom is 0.0723 e. The van der Waals surface area contributed by atoms with Gasteiger partial charge in [0.2, 0.25) is 0 Å². The molecule has 0 aliphatic heterocycles. The van der Waals surface area contributed by atoms with Crippen LogP contribution < -0.4 is 11.3 Å². The molecule has 2 aromatic carbocycles. The molecule has 2 aromatic rings. The number of nitrogens with one attached hydrogen (secondary N) is 1. The highest BCUT2D eigenvalue weighted by Gasteiger charge is 2.17. The zero-order chi connectivity index (χ0) is 14.0. The third kappa shape index (κ3) is 3.37. The van der Waals surface area contributed by atoms with Gasteiger partial charge in [-0.3, -0.25) is 5.84 Å². The molecule has 0 radical (unpaired) electrons. The van der Waals surface area contributed by atoms with Gasteiger partial charge >= 0.3 is 0 Å². The Hall–Kier alpha value is -0.430. The van der Waals surface area contributed by atoms with E-state index in [0.717, 1.165) is 4.47 Å². The van der Waals surface area contributed by atoms with E-state index in [9.17, 15) is 0 Å². The van der Waals surface area contributed by atoms with Crippen LogP contribution in [0.1, 0.15) is 28.3 Å². The van der Waals surface area contributed by atoms with Crippen molar-refractivity contribution in [2.45, 2.75) is 19.9 Å². The van der Waals surface area contributed by atoms with E-state index in [-0.39, 0.29) is 6.04 Å². The molecule has 2 nitrogen and oxygen atoms in total. The Bertz CT molecular complexity index is 547. The Kier molecular flexibility index (Phi) is 5.00. The first-order valence-electron chi connectivity index (χ1n) is 6.01. The predicted molar refractivity (Wildman–Crippen MR) is 91.9 cm³/mol. The van der Waals surface area contributed by atoms with Gasteiger partial charge in [-0.1, -0.05) is 39.7 Å². The van der Waals surface area contributed by atoms with Gasteiger partial charge in [-0.25, -0.2) is 5.43 Å². The van der Waals surface area contributed by atoms with E-state index in [4.69, 9.17) is 5.84 Å². The lowest BCUT2D eigenvalue weighted by Crippen LogP contribution is -2.30. The van der Waals surface area contributed by atoms with Crippen molar-refractivity contribution in [1.29, 1.82) is 0 Å². The Morgan fingerprint density at radius 1 is 1.11 bits per heavy atom. The molecule has 0 aromatic heterocycles. The summed E-state index contributed by atoms with van der Waals surface area (Å²) in [6.07, 6.45) is 0. The van der Waals surface area contributed by atoms with E-state index < -0.39 is 0 Å². The van der Waals surface area contributed by atoms with Crippen LogP contribution >= 0.6 is 38.5 Å². The molecule has 1 unspecified atom stereocenters. The largest absolute Gasteiger partial charge is 0.271 e. The number of halogens is 2. The van der Waals surface area contributed by atoms with Crippen molar-refractivity contribution in [2.75, 3.05) is 0 Å². The molecule has 0 saturated carbocycles. The smallest absolute Gasteiger partial charge is 0.0723 e. The summed E-state index contributed by atoms with van der Waals surface area (Å²) in [6, 6.07) is 12.7. The second-order valence-corrected chi connectivity index (χ2v) is 6.70. The van der Waals surface area contributed by atoms with Gasteiger partial charge in [-0.05, 0) is 71.3 Å². The maximum absolute atomic E-state index is 5.81. The van der Waals surface area contributed by atoms with Crippen LogP contribution in [0.4, 0.5) is 0 Å². The summed E-state index contributed by atoms with van der Waals surface area (Å²) in [4.78, 5) is 0. The molecule has 1 atom stereocenters. The second-order valence-electron chi connectivity index (χ2n) is 4.63. The number of rotatable bonds is 3. The molecule has 3 N–H and O–H groups in total. The molecule has 0 spiro atoms. The minimum atomic E-state index is 0.00398. The van der Waals surface area contributed by atoms with E-state index in [1.165, 1.54) is 25.8 Å². The lowest BCUT2D eigenvalue weighted by molar-refractivity contribution is 0.630. The third-order valence-electron chi connectivity index (χ3n) is 3.18. The lowest BCUT2D eigenvalue weighted by atomic mass is 9.94. The molecule has 100 valence electrons. The van der Waals surface area contributed by atoms with Crippen LogP contribution in [0.15, 0.2) is 40.9 Å². The fraction of sp³-hybridized carbons (Fsp3) is 0.200. The van der Waals surface area contributed by atoms with Gasteiger partial charge in [0.05, 0.1) is 6.04 Å². The highest BCUT2D eigenvalue weighted by molar-refractivity contribution is 14.1. The zero-order valence-electron chi connectivity index (χ0n) is 10.9. The summed E-state index contributed by atoms with van der Waals surface area (Å²) in [6.45, 7) is 4.21. The Balaban J connectivity index is 2.55. The number of hydrogen-bond donors (Lipinski definition) is 2. The summed E-state index contributed by atoms with van der Waals surface area (Å²) in [5.74, 6) is 5.81. The summed E-state index contributed by atoms with van der Waals surface area (Å²) in [5.41, 5.74) is 7.83. The van der Waals surface area contributed by atoms with Crippen molar-refractivity contribution in [2.24, 2.45) is 5.84 Å². The highest BCUT2D eigenvalue weighted by atomic mass is 127. The van der Waals surface area contributed by atoms with Crippen molar-refractivity contribution in [3.8, 4) is 0 Å². The van der Waals surface area contributed by atoms with Gasteiger partial charge < -0.3 is 0 Å². The molecule has 2 rings (SSSR count). The lowest BCUT2D eigenvalue weighted by Gasteiger charge is -2.21. The van der Waals surface area contributed by atoms with Gasteiger partial charge in [-0.15, -0.1) is 0 Å². The monoisotopic (exact) mass is 430 g/mol. The molecule has 0 bridgehead atoms. The Morgan fingerprint density at radius 3 is 2.53 bits per heavy atom. The van der Waals surface area contributed by atoms with Gasteiger partial charge in [0.25, 0.3) is 0 Å². The number of aryl methyl sites for hydroxylation is 2. The van der Waals surface area contributed by atoms with Crippen molar-refractivity contribution in [1.82, 2.24) is 5.43 Å². The summed E-state index contributed by atoms with van der Waals surface area (Å²) in [5, 5.41) is 0. The molecule has 19 heavy (non-hydrogen) atoms. The topological polar surface area (TPSA) is 38.0 Å². The molecule has 0 saturated heterocycles. The van der Waals surface area contributed by atoms with Crippen molar-refractivity contribution in [3.63, 3.8) is 0 Å². The van der Waals surface area contributed by atoms with Crippen molar-refractivity contribution in [3.05, 3.63) is 66.7 Å². The second kappa shape index (κ2) is 6.35. The molecule has 0 amide bonds. The summed E-state index contributed by atoms with van der Waals surface area (Å²) < 4.78 is 2.26. The van der Waals surface area contributed by atoms with Gasteiger partial charge in [-0.2, -0.15) is 0 Å².